The van der Waals surface area contributed by atoms with Gasteiger partial charge in [0.25, 0.3) is 0 Å². The van der Waals surface area contributed by atoms with Crippen LogP contribution < -0.4 is 4.90 Å². The molecule has 1 heterocycles. The van der Waals surface area contributed by atoms with Gasteiger partial charge in [0.05, 0.1) is 19.8 Å². The van der Waals surface area contributed by atoms with Gasteiger partial charge in [-0.15, -0.1) is 5.10 Å². The number of hydrogen-bond donors (Lipinski definition) is 1. The maximum atomic E-state index is 4.50. The highest BCUT2D eigenvalue weighted by Gasteiger charge is 2.48. The van der Waals surface area contributed by atoms with E-state index in [-0.39, 0.29) is 5.54 Å². The number of rotatable bonds is 3. The molecule has 1 aromatic carbocycles. The van der Waals surface area contributed by atoms with Gasteiger partial charge >= 0.3 is 0 Å². The van der Waals surface area contributed by atoms with Crippen LogP contribution in [0.25, 0.3) is 5.69 Å². The number of nitrogens with one attached hydrogen (secondary N) is 1. The molecule has 0 aliphatic heterocycles. The van der Waals surface area contributed by atoms with E-state index in [1.807, 2.05) is 4.68 Å². The van der Waals surface area contributed by atoms with Crippen molar-refractivity contribution in [2.24, 2.45) is 11.3 Å². The van der Waals surface area contributed by atoms with Crippen molar-refractivity contribution >= 4 is 0 Å². The summed E-state index contributed by atoms with van der Waals surface area (Å²) < 4.78 is 1.95. The first-order valence-electron chi connectivity index (χ1n) is 9.40. The summed E-state index contributed by atoms with van der Waals surface area (Å²) in [6, 6.07) is 8.45. The first-order valence-corrected chi connectivity index (χ1v) is 9.40. The van der Waals surface area contributed by atoms with Gasteiger partial charge in [0.2, 0.25) is 5.82 Å². The van der Waals surface area contributed by atoms with Crippen molar-refractivity contribution in [2.75, 3.05) is 14.1 Å². The van der Waals surface area contributed by atoms with Crippen LogP contribution in [-0.2, 0) is 5.54 Å². The Balaban J connectivity index is 1.96. The zero-order valence-electron chi connectivity index (χ0n) is 16.5. The van der Waals surface area contributed by atoms with E-state index in [0.717, 1.165) is 30.3 Å². The Morgan fingerprint density at radius 3 is 2.20 bits per heavy atom. The van der Waals surface area contributed by atoms with Crippen LogP contribution in [0.3, 0.4) is 0 Å². The molecule has 0 atom stereocenters. The summed E-state index contributed by atoms with van der Waals surface area (Å²) in [5.41, 5.74) is 2.65. The van der Waals surface area contributed by atoms with Gasteiger partial charge in [-0.25, -0.2) is 0 Å². The predicted molar refractivity (Wildman–Crippen MR) is 99.8 cm³/mol. The monoisotopic (exact) mass is 342 g/mol. The number of aryl methyl sites for hydroxylation is 1. The number of benzene rings is 1. The zero-order chi connectivity index (χ0) is 18.2. The van der Waals surface area contributed by atoms with Crippen molar-refractivity contribution in [3.8, 4) is 5.69 Å². The molecule has 0 saturated heterocycles. The molecular weight excluding hydrogens is 310 g/mol. The van der Waals surface area contributed by atoms with E-state index in [1.165, 1.54) is 23.3 Å². The van der Waals surface area contributed by atoms with Crippen LogP contribution in [-0.4, -0.2) is 34.3 Å². The molecule has 0 radical (unpaired) electrons. The predicted octanol–water partition coefficient (Wildman–Crippen LogP) is 2.55. The Bertz CT molecular complexity index is 700. The van der Waals surface area contributed by atoms with Crippen molar-refractivity contribution in [3.05, 3.63) is 35.7 Å². The Kier molecular flexibility index (Phi) is 4.71. The molecule has 0 spiro atoms. The summed E-state index contributed by atoms with van der Waals surface area (Å²) in [5.74, 6) is 1.77. The quantitative estimate of drug-likeness (QED) is 0.932. The van der Waals surface area contributed by atoms with Crippen LogP contribution in [0.4, 0.5) is 0 Å². The Morgan fingerprint density at radius 1 is 1.08 bits per heavy atom. The molecule has 1 saturated carbocycles. The van der Waals surface area contributed by atoms with Crippen LogP contribution in [0.2, 0.25) is 0 Å². The smallest absolute Gasteiger partial charge is 0.217 e. The molecule has 5 nitrogen and oxygen atoms in total. The van der Waals surface area contributed by atoms with Crippen LogP contribution in [0.1, 0.15) is 57.8 Å². The normalized spacial score (nSPS) is 24.7. The molecule has 25 heavy (non-hydrogen) atoms. The number of nitrogens with zero attached hydrogens (tertiary/aromatic N) is 4. The summed E-state index contributed by atoms with van der Waals surface area (Å²) in [6.07, 6.45) is 4.72. The molecule has 136 valence electrons. The van der Waals surface area contributed by atoms with Gasteiger partial charge in [-0.1, -0.05) is 38.5 Å². The van der Waals surface area contributed by atoms with E-state index in [9.17, 15) is 0 Å². The van der Waals surface area contributed by atoms with E-state index in [2.05, 4.69) is 81.6 Å². The highest BCUT2D eigenvalue weighted by atomic mass is 15.6. The van der Waals surface area contributed by atoms with Gasteiger partial charge < -0.3 is 4.90 Å². The Labute approximate surface area is 151 Å². The first kappa shape index (κ1) is 18.1. The molecule has 0 amide bonds. The van der Waals surface area contributed by atoms with E-state index in [4.69, 9.17) is 0 Å². The fourth-order valence-electron chi connectivity index (χ4n) is 4.27. The largest absolute Gasteiger partial charge is 0.329 e. The van der Waals surface area contributed by atoms with Crippen molar-refractivity contribution in [2.45, 2.75) is 58.9 Å². The molecule has 0 bridgehead atoms. The lowest BCUT2D eigenvalue weighted by molar-refractivity contribution is -0.927. The van der Waals surface area contributed by atoms with E-state index < -0.39 is 0 Å². The van der Waals surface area contributed by atoms with Gasteiger partial charge in [-0.3, -0.25) is 0 Å². The second kappa shape index (κ2) is 6.52. The summed E-state index contributed by atoms with van der Waals surface area (Å²) >= 11 is 0. The number of aromatic nitrogens is 4. The van der Waals surface area contributed by atoms with Gasteiger partial charge in [0.15, 0.2) is 5.54 Å². The molecule has 2 aromatic rings. The minimum Gasteiger partial charge on any atom is -0.329 e. The summed E-state index contributed by atoms with van der Waals surface area (Å²) in [7, 11) is 4.48. The van der Waals surface area contributed by atoms with E-state index >= 15 is 0 Å². The molecule has 1 aromatic heterocycles. The van der Waals surface area contributed by atoms with Crippen LogP contribution in [0.5, 0.6) is 0 Å². The van der Waals surface area contributed by atoms with Gasteiger partial charge in [-0.2, -0.15) is 4.68 Å². The van der Waals surface area contributed by atoms with E-state index in [1.54, 1.807) is 0 Å². The average Bonchev–Trinajstić information content (AvgIpc) is 3.04. The van der Waals surface area contributed by atoms with Crippen molar-refractivity contribution < 1.29 is 4.90 Å². The molecule has 5 heteroatoms. The highest BCUT2D eigenvalue weighted by Crippen LogP contribution is 2.43. The summed E-state index contributed by atoms with van der Waals surface area (Å²) in [5, 5.41) is 12.9. The summed E-state index contributed by atoms with van der Waals surface area (Å²) in [4.78, 5) is 1.42. The second-order valence-electron chi connectivity index (χ2n) is 8.97. The SMILES string of the molecule is Cc1ccc(-n2nnnc2C2([NH+](C)C)CCC(C(C)(C)C)CC2)cc1. The van der Waals surface area contributed by atoms with Crippen LogP contribution in [0.15, 0.2) is 24.3 Å². The minimum absolute atomic E-state index is 0.0177. The minimum atomic E-state index is -0.0177. The fraction of sp³-hybridized carbons (Fsp3) is 0.650. The molecule has 0 unspecified atom stereocenters. The lowest BCUT2D eigenvalue weighted by Crippen LogP contribution is -3.14. The van der Waals surface area contributed by atoms with Gasteiger partial charge in [-0.05, 0) is 53.7 Å². The number of tetrazole rings is 1. The highest BCUT2D eigenvalue weighted by molar-refractivity contribution is 5.34. The lowest BCUT2D eigenvalue weighted by atomic mass is 9.66. The van der Waals surface area contributed by atoms with Crippen molar-refractivity contribution in [3.63, 3.8) is 0 Å². The lowest BCUT2D eigenvalue weighted by Gasteiger charge is -2.44. The van der Waals surface area contributed by atoms with E-state index in [0.29, 0.717) is 5.41 Å². The fourth-order valence-corrected chi connectivity index (χ4v) is 4.27. The first-order chi connectivity index (χ1) is 11.7. The molecule has 1 N–H and O–H groups in total. The maximum absolute atomic E-state index is 4.50. The third-order valence-electron chi connectivity index (χ3n) is 6.20. The number of quaternary nitrogens is 1. The molecule has 1 aliphatic rings. The Morgan fingerprint density at radius 2 is 1.68 bits per heavy atom. The standard InChI is InChI=1S/C20H31N5/c1-15-7-9-17(10-8-15)25-18(21-22-23-25)20(24(5)6)13-11-16(12-14-20)19(2,3)4/h7-10,16H,11-14H2,1-6H3/p+1. The van der Waals surface area contributed by atoms with Gasteiger partial charge in [0, 0.05) is 12.8 Å². The zero-order valence-corrected chi connectivity index (χ0v) is 16.5. The topological polar surface area (TPSA) is 48.0 Å². The van der Waals surface area contributed by atoms with Crippen molar-refractivity contribution in [1.29, 1.82) is 0 Å². The average molecular weight is 343 g/mol. The third-order valence-corrected chi connectivity index (χ3v) is 6.20. The molecular formula is C20H32N5+. The van der Waals surface area contributed by atoms with Crippen LogP contribution >= 0.6 is 0 Å². The molecule has 1 aliphatic carbocycles. The van der Waals surface area contributed by atoms with Crippen molar-refractivity contribution in [1.82, 2.24) is 20.2 Å². The third kappa shape index (κ3) is 3.34. The van der Waals surface area contributed by atoms with Crippen LogP contribution in [0, 0.1) is 18.3 Å². The summed E-state index contributed by atoms with van der Waals surface area (Å²) in [6.45, 7) is 9.19. The van der Waals surface area contributed by atoms with Gasteiger partial charge in [0.1, 0.15) is 0 Å². The molecule has 3 rings (SSSR count). The second-order valence-corrected chi connectivity index (χ2v) is 8.97. The number of hydrogen-bond acceptors (Lipinski definition) is 3. The molecule has 1 fully saturated rings. The Hall–Kier alpha value is -1.75. The maximum Gasteiger partial charge on any atom is 0.217 e.